The lowest BCUT2D eigenvalue weighted by molar-refractivity contribution is -0.118. The van der Waals surface area contributed by atoms with E-state index in [-0.39, 0.29) is 11.3 Å². The van der Waals surface area contributed by atoms with E-state index < -0.39 is 15.9 Å². The fraction of sp³-hybridized carbons (Fsp3) is 0.278. The summed E-state index contributed by atoms with van der Waals surface area (Å²) in [6.07, 6.45) is -0.00144. The van der Waals surface area contributed by atoms with Gasteiger partial charge in [-0.05, 0) is 71.6 Å². The fourth-order valence-electron chi connectivity index (χ4n) is 2.27. The molecule has 134 valence electrons. The Bertz CT molecular complexity index is 894. The van der Waals surface area contributed by atoms with Crippen LogP contribution in [0.25, 0.3) is 0 Å². The van der Waals surface area contributed by atoms with Crippen molar-refractivity contribution in [2.75, 3.05) is 6.61 Å². The number of carbonyl (C=O) groups is 1. The molecule has 0 saturated heterocycles. The highest BCUT2D eigenvalue weighted by Gasteiger charge is 2.19. The highest BCUT2D eigenvalue weighted by Crippen LogP contribution is 2.27. The Morgan fingerprint density at radius 1 is 1.12 bits per heavy atom. The van der Waals surface area contributed by atoms with Crippen molar-refractivity contribution in [3.05, 3.63) is 57.6 Å². The molecule has 0 fully saturated rings. The number of amides is 1. The minimum absolute atomic E-state index is 0.00144. The smallest absolute Gasteiger partial charge is 0.264 e. The van der Waals surface area contributed by atoms with Crippen molar-refractivity contribution in [3.8, 4) is 5.75 Å². The molecule has 0 radical (unpaired) electrons. The second kappa shape index (κ2) is 8.01. The van der Waals surface area contributed by atoms with Gasteiger partial charge in [0.05, 0.1) is 22.4 Å². The van der Waals surface area contributed by atoms with Gasteiger partial charge in [0.2, 0.25) is 5.91 Å². The summed E-state index contributed by atoms with van der Waals surface area (Å²) in [7, 11) is -3.94. The molecule has 2 aromatic rings. The predicted octanol–water partition coefficient (Wildman–Crippen LogP) is 3.51. The molecule has 2 aromatic carbocycles. The van der Waals surface area contributed by atoms with E-state index in [1.807, 2.05) is 39.0 Å². The van der Waals surface area contributed by atoms with Gasteiger partial charge in [-0.3, -0.25) is 4.79 Å². The number of nitrogens with one attached hydrogen (secondary N) is 1. The molecule has 0 bridgehead atoms. The second-order valence-electron chi connectivity index (χ2n) is 5.65. The molecule has 0 atom stereocenters. The van der Waals surface area contributed by atoms with Gasteiger partial charge in [0.1, 0.15) is 5.75 Å². The number of benzene rings is 2. The zero-order chi connectivity index (χ0) is 18.6. The Morgan fingerprint density at radius 3 is 2.44 bits per heavy atom. The van der Waals surface area contributed by atoms with Crippen molar-refractivity contribution in [2.45, 2.75) is 32.1 Å². The minimum atomic E-state index is -3.94. The van der Waals surface area contributed by atoms with Crippen LogP contribution in [0.15, 0.2) is 45.8 Å². The SMILES string of the molecule is CCOc1ccc(S(=O)(=O)NC(=O)Cc2ccc(C)c(C)c2)cc1Br. The number of hydrogen-bond donors (Lipinski definition) is 1. The van der Waals surface area contributed by atoms with E-state index in [0.717, 1.165) is 16.7 Å². The fourth-order valence-corrected chi connectivity index (χ4v) is 3.92. The average Bonchev–Trinajstić information content (AvgIpc) is 2.52. The molecule has 2 rings (SSSR count). The van der Waals surface area contributed by atoms with Crippen LogP contribution in [0.3, 0.4) is 0 Å². The van der Waals surface area contributed by atoms with Crippen LogP contribution in [-0.2, 0) is 21.2 Å². The van der Waals surface area contributed by atoms with Gasteiger partial charge in [0.15, 0.2) is 0 Å². The molecule has 0 heterocycles. The molecule has 5 nitrogen and oxygen atoms in total. The third-order valence-corrected chi connectivity index (χ3v) is 5.69. The van der Waals surface area contributed by atoms with Gasteiger partial charge in [-0.25, -0.2) is 13.1 Å². The van der Waals surface area contributed by atoms with Crippen molar-refractivity contribution >= 4 is 31.9 Å². The first-order valence-electron chi connectivity index (χ1n) is 7.77. The number of halogens is 1. The first kappa shape index (κ1) is 19.5. The Kier molecular flexibility index (Phi) is 6.24. The summed E-state index contributed by atoms with van der Waals surface area (Å²) in [5.74, 6) is -0.0313. The van der Waals surface area contributed by atoms with Gasteiger partial charge >= 0.3 is 0 Å². The van der Waals surface area contributed by atoms with Crippen LogP contribution >= 0.6 is 15.9 Å². The predicted molar refractivity (Wildman–Crippen MR) is 100 cm³/mol. The van der Waals surface area contributed by atoms with Gasteiger partial charge in [-0.1, -0.05) is 18.2 Å². The van der Waals surface area contributed by atoms with E-state index in [2.05, 4.69) is 20.7 Å². The van der Waals surface area contributed by atoms with Crippen LogP contribution in [-0.4, -0.2) is 20.9 Å². The van der Waals surface area contributed by atoms with E-state index in [4.69, 9.17) is 4.74 Å². The molecule has 1 amide bonds. The number of hydrogen-bond acceptors (Lipinski definition) is 4. The summed E-state index contributed by atoms with van der Waals surface area (Å²) in [4.78, 5) is 12.1. The highest BCUT2D eigenvalue weighted by atomic mass is 79.9. The Morgan fingerprint density at radius 2 is 1.84 bits per heavy atom. The summed E-state index contributed by atoms with van der Waals surface area (Å²) in [5, 5.41) is 0. The summed E-state index contributed by atoms with van der Waals surface area (Å²) in [6.45, 7) is 6.24. The lowest BCUT2D eigenvalue weighted by atomic mass is 10.0. The van der Waals surface area contributed by atoms with Crippen LogP contribution < -0.4 is 9.46 Å². The molecular weight excluding hydrogens is 406 g/mol. The molecule has 0 aromatic heterocycles. The van der Waals surface area contributed by atoms with Crippen molar-refractivity contribution in [3.63, 3.8) is 0 Å². The lowest BCUT2D eigenvalue weighted by Crippen LogP contribution is -2.31. The normalized spacial score (nSPS) is 11.2. The third-order valence-electron chi connectivity index (χ3n) is 3.70. The number of aryl methyl sites for hydroxylation is 2. The standard InChI is InChI=1S/C18H20BrNO4S/c1-4-24-17-8-7-15(11-16(17)19)25(22,23)20-18(21)10-14-6-5-12(2)13(3)9-14/h5-9,11H,4,10H2,1-3H3,(H,20,21). The monoisotopic (exact) mass is 425 g/mol. The van der Waals surface area contributed by atoms with Crippen LogP contribution in [0.2, 0.25) is 0 Å². The Hall–Kier alpha value is -1.86. The molecule has 0 spiro atoms. The number of rotatable bonds is 6. The molecule has 0 aliphatic rings. The van der Waals surface area contributed by atoms with E-state index in [1.54, 1.807) is 6.07 Å². The summed E-state index contributed by atoms with van der Waals surface area (Å²) < 4.78 is 32.7. The molecule has 0 unspecified atom stereocenters. The zero-order valence-electron chi connectivity index (χ0n) is 14.3. The quantitative estimate of drug-likeness (QED) is 0.768. The van der Waals surface area contributed by atoms with Gasteiger partial charge < -0.3 is 4.74 Å². The molecular formula is C18H20BrNO4S. The van der Waals surface area contributed by atoms with E-state index in [0.29, 0.717) is 16.8 Å². The van der Waals surface area contributed by atoms with Crippen molar-refractivity contribution < 1.29 is 17.9 Å². The topological polar surface area (TPSA) is 72.5 Å². The van der Waals surface area contributed by atoms with Crippen molar-refractivity contribution in [2.24, 2.45) is 0 Å². The average molecular weight is 426 g/mol. The summed E-state index contributed by atoms with van der Waals surface area (Å²) in [6, 6.07) is 9.99. The van der Waals surface area contributed by atoms with E-state index in [1.165, 1.54) is 12.1 Å². The van der Waals surface area contributed by atoms with Gasteiger partial charge in [0.25, 0.3) is 10.0 Å². The maximum atomic E-state index is 12.4. The van der Waals surface area contributed by atoms with Crippen molar-refractivity contribution in [1.82, 2.24) is 4.72 Å². The van der Waals surface area contributed by atoms with Crippen LogP contribution in [0, 0.1) is 13.8 Å². The summed E-state index contributed by atoms with van der Waals surface area (Å²) in [5.41, 5.74) is 2.95. The molecule has 7 heteroatoms. The molecule has 25 heavy (non-hydrogen) atoms. The summed E-state index contributed by atoms with van der Waals surface area (Å²) >= 11 is 3.27. The highest BCUT2D eigenvalue weighted by molar-refractivity contribution is 9.10. The van der Waals surface area contributed by atoms with E-state index in [9.17, 15) is 13.2 Å². The van der Waals surface area contributed by atoms with Gasteiger partial charge in [0, 0.05) is 0 Å². The molecule has 0 saturated carbocycles. The zero-order valence-corrected chi connectivity index (χ0v) is 16.7. The Labute approximate surface area is 156 Å². The second-order valence-corrected chi connectivity index (χ2v) is 8.19. The largest absolute Gasteiger partial charge is 0.493 e. The molecule has 0 aliphatic heterocycles. The maximum absolute atomic E-state index is 12.4. The number of ether oxygens (including phenoxy) is 1. The molecule has 1 N–H and O–H groups in total. The Balaban J connectivity index is 2.13. The first-order valence-corrected chi connectivity index (χ1v) is 10.0. The van der Waals surface area contributed by atoms with Crippen LogP contribution in [0.4, 0.5) is 0 Å². The lowest BCUT2D eigenvalue weighted by Gasteiger charge is -2.10. The van der Waals surface area contributed by atoms with Crippen LogP contribution in [0.5, 0.6) is 5.75 Å². The molecule has 0 aliphatic carbocycles. The van der Waals surface area contributed by atoms with E-state index >= 15 is 0 Å². The van der Waals surface area contributed by atoms with Crippen molar-refractivity contribution in [1.29, 1.82) is 0 Å². The van der Waals surface area contributed by atoms with Gasteiger partial charge in [-0.15, -0.1) is 0 Å². The number of carbonyl (C=O) groups excluding carboxylic acids is 1. The first-order chi connectivity index (χ1) is 11.7. The van der Waals surface area contributed by atoms with Gasteiger partial charge in [-0.2, -0.15) is 0 Å². The van der Waals surface area contributed by atoms with Crippen LogP contribution in [0.1, 0.15) is 23.6 Å². The minimum Gasteiger partial charge on any atom is -0.493 e. The maximum Gasteiger partial charge on any atom is 0.264 e. The third kappa shape index (κ3) is 5.06. The number of sulfonamides is 1.